The second-order valence-corrected chi connectivity index (χ2v) is 9.25. The van der Waals surface area contributed by atoms with Crippen molar-refractivity contribution in [3.05, 3.63) is 47.2 Å². The first kappa shape index (κ1) is 28.6. The first-order valence-electron chi connectivity index (χ1n) is 12.9. The van der Waals surface area contributed by atoms with Crippen molar-refractivity contribution in [2.45, 2.75) is 39.8 Å². The molecule has 36 heavy (non-hydrogen) atoms. The van der Waals surface area contributed by atoms with Gasteiger partial charge in [0.05, 0.1) is 66.1 Å². The average molecular weight is 508 g/mol. The summed E-state index contributed by atoms with van der Waals surface area (Å²) in [5.41, 5.74) is 1.83. The summed E-state index contributed by atoms with van der Waals surface area (Å²) >= 11 is 0. The van der Waals surface area contributed by atoms with Crippen LogP contribution in [0.15, 0.2) is 36.1 Å². The van der Waals surface area contributed by atoms with E-state index in [9.17, 15) is 9.90 Å². The van der Waals surface area contributed by atoms with Crippen molar-refractivity contribution in [1.82, 2.24) is 4.90 Å². The normalized spacial score (nSPS) is 23.3. The van der Waals surface area contributed by atoms with E-state index in [0.29, 0.717) is 90.6 Å². The number of hydrogen-bond acceptors (Lipinski definition) is 8. The molecular formula is C27H41NO8. The number of amides is 1. The SMILES string of the molecule is CC(C)[C@@H]1C=C(C(=O)N2CCOCCOCCOCCOCC2)O[C@H](OCc2ccc(CO)cc2)C1. The van der Waals surface area contributed by atoms with Gasteiger partial charge in [0, 0.05) is 19.5 Å². The molecule has 1 amide bonds. The van der Waals surface area contributed by atoms with E-state index in [1.165, 1.54) is 0 Å². The highest BCUT2D eigenvalue weighted by molar-refractivity contribution is 5.91. The zero-order chi connectivity index (χ0) is 25.6. The number of carbonyl (C=O) groups excluding carboxylic acids is 1. The third-order valence-electron chi connectivity index (χ3n) is 6.21. The number of aliphatic hydroxyl groups is 1. The van der Waals surface area contributed by atoms with Crippen LogP contribution in [0.1, 0.15) is 31.4 Å². The quantitative estimate of drug-likeness (QED) is 0.628. The van der Waals surface area contributed by atoms with E-state index >= 15 is 0 Å². The number of ether oxygens (including phenoxy) is 6. The number of benzene rings is 1. The Labute approximate surface area is 214 Å². The maximum absolute atomic E-state index is 13.5. The van der Waals surface area contributed by atoms with Gasteiger partial charge in [0.25, 0.3) is 5.91 Å². The van der Waals surface area contributed by atoms with Crippen molar-refractivity contribution in [3.8, 4) is 0 Å². The highest BCUT2D eigenvalue weighted by Crippen LogP contribution is 2.30. The number of rotatable bonds is 6. The van der Waals surface area contributed by atoms with E-state index in [1.54, 1.807) is 4.90 Å². The lowest BCUT2D eigenvalue weighted by molar-refractivity contribution is -0.160. The minimum Gasteiger partial charge on any atom is -0.459 e. The van der Waals surface area contributed by atoms with Crippen molar-refractivity contribution in [1.29, 1.82) is 0 Å². The summed E-state index contributed by atoms with van der Waals surface area (Å²) in [6.45, 7) is 9.22. The van der Waals surface area contributed by atoms with Crippen molar-refractivity contribution < 1.29 is 38.3 Å². The number of allylic oxidation sites excluding steroid dienone is 1. The summed E-state index contributed by atoms with van der Waals surface area (Å²) in [6.07, 6.45) is 2.08. The molecule has 2 heterocycles. The fourth-order valence-corrected chi connectivity index (χ4v) is 3.91. The molecule has 0 saturated carbocycles. The molecule has 0 spiro atoms. The topological polar surface area (TPSA) is 95.9 Å². The van der Waals surface area contributed by atoms with Gasteiger partial charge in [-0.1, -0.05) is 38.1 Å². The van der Waals surface area contributed by atoms with Gasteiger partial charge in [-0.25, -0.2) is 0 Å². The molecular weight excluding hydrogens is 466 g/mol. The Morgan fingerprint density at radius 3 is 1.97 bits per heavy atom. The van der Waals surface area contributed by atoms with E-state index in [4.69, 9.17) is 28.4 Å². The van der Waals surface area contributed by atoms with Crippen LogP contribution in [0, 0.1) is 11.8 Å². The monoisotopic (exact) mass is 507 g/mol. The maximum Gasteiger partial charge on any atom is 0.288 e. The Kier molecular flexibility index (Phi) is 12.7. The Morgan fingerprint density at radius 1 is 0.917 bits per heavy atom. The molecule has 0 unspecified atom stereocenters. The van der Waals surface area contributed by atoms with E-state index in [1.807, 2.05) is 30.3 Å². The highest BCUT2D eigenvalue weighted by Gasteiger charge is 2.31. The zero-order valence-electron chi connectivity index (χ0n) is 21.6. The fraction of sp³-hybridized carbons (Fsp3) is 0.667. The second kappa shape index (κ2) is 16.0. The molecule has 9 heteroatoms. The molecule has 0 bridgehead atoms. The Hall–Kier alpha value is -2.01. The third-order valence-corrected chi connectivity index (χ3v) is 6.21. The lowest BCUT2D eigenvalue weighted by Gasteiger charge is -2.33. The number of nitrogens with zero attached hydrogens (tertiary/aromatic N) is 1. The van der Waals surface area contributed by atoms with Gasteiger partial charge >= 0.3 is 0 Å². The summed E-state index contributed by atoms with van der Waals surface area (Å²) in [4.78, 5) is 15.2. The summed E-state index contributed by atoms with van der Waals surface area (Å²) in [5, 5.41) is 9.24. The van der Waals surface area contributed by atoms with Crippen LogP contribution >= 0.6 is 0 Å². The smallest absolute Gasteiger partial charge is 0.288 e. The van der Waals surface area contributed by atoms with Crippen LogP contribution in [0.3, 0.4) is 0 Å². The molecule has 1 fully saturated rings. The summed E-state index contributed by atoms with van der Waals surface area (Å²) in [5.74, 6) is 0.612. The van der Waals surface area contributed by atoms with Gasteiger partial charge in [0.1, 0.15) is 0 Å². The molecule has 0 radical (unpaired) electrons. The first-order valence-corrected chi connectivity index (χ1v) is 12.9. The highest BCUT2D eigenvalue weighted by atomic mass is 16.7. The van der Waals surface area contributed by atoms with Gasteiger partial charge < -0.3 is 38.4 Å². The van der Waals surface area contributed by atoms with Crippen molar-refractivity contribution in [2.24, 2.45) is 11.8 Å². The van der Waals surface area contributed by atoms with Crippen molar-refractivity contribution >= 4 is 5.91 Å². The molecule has 2 aliphatic rings. The molecule has 202 valence electrons. The molecule has 1 aromatic rings. The molecule has 3 rings (SSSR count). The van der Waals surface area contributed by atoms with Gasteiger partial charge in [0.15, 0.2) is 5.76 Å². The molecule has 1 N–H and O–H groups in total. The summed E-state index contributed by atoms with van der Waals surface area (Å²) < 4.78 is 34.4. The van der Waals surface area contributed by atoms with Crippen LogP contribution in [0.5, 0.6) is 0 Å². The van der Waals surface area contributed by atoms with Gasteiger partial charge in [-0.2, -0.15) is 0 Å². The van der Waals surface area contributed by atoms with Crippen LogP contribution in [-0.2, 0) is 46.4 Å². The largest absolute Gasteiger partial charge is 0.459 e. The minimum atomic E-state index is -0.524. The van der Waals surface area contributed by atoms with Crippen LogP contribution < -0.4 is 0 Å². The van der Waals surface area contributed by atoms with Gasteiger partial charge in [-0.15, -0.1) is 0 Å². The predicted molar refractivity (Wildman–Crippen MR) is 133 cm³/mol. The van der Waals surface area contributed by atoms with Crippen molar-refractivity contribution in [3.63, 3.8) is 0 Å². The molecule has 1 saturated heterocycles. The van der Waals surface area contributed by atoms with Gasteiger partial charge in [-0.3, -0.25) is 4.79 Å². The second-order valence-electron chi connectivity index (χ2n) is 9.25. The Bertz CT molecular complexity index is 781. The number of aliphatic hydroxyl groups excluding tert-OH is 1. The zero-order valence-corrected chi connectivity index (χ0v) is 21.6. The number of hydrogen-bond donors (Lipinski definition) is 1. The van der Waals surface area contributed by atoms with Crippen LogP contribution in [0.25, 0.3) is 0 Å². The summed E-state index contributed by atoms with van der Waals surface area (Å²) in [7, 11) is 0. The minimum absolute atomic E-state index is 0.00729. The van der Waals surface area contributed by atoms with Crippen LogP contribution in [-0.4, -0.2) is 88.1 Å². The van der Waals surface area contributed by atoms with Gasteiger partial charge in [0.2, 0.25) is 6.29 Å². The lowest BCUT2D eigenvalue weighted by Crippen LogP contribution is -2.40. The average Bonchev–Trinajstić information content (AvgIpc) is 2.91. The van der Waals surface area contributed by atoms with E-state index in [2.05, 4.69) is 13.8 Å². The van der Waals surface area contributed by atoms with Crippen LogP contribution in [0.4, 0.5) is 0 Å². The Morgan fingerprint density at radius 2 is 1.44 bits per heavy atom. The standard InChI is InChI=1S/C27H41NO8/c1-21(2)24-17-25(36-26(18-24)35-20-23-5-3-22(19-29)4-6-23)27(30)28-7-9-31-11-13-33-15-16-34-14-12-32-10-8-28/h3-6,17,21,24,26,29H,7-16,18-20H2,1-2H3/t24-,26+/m1/s1. The molecule has 2 aliphatic heterocycles. The van der Waals surface area contributed by atoms with E-state index in [0.717, 1.165) is 11.1 Å². The Balaban J connectivity index is 1.61. The fourth-order valence-electron chi connectivity index (χ4n) is 3.91. The molecule has 0 aromatic heterocycles. The van der Waals surface area contributed by atoms with Crippen LogP contribution in [0.2, 0.25) is 0 Å². The molecule has 1 aromatic carbocycles. The maximum atomic E-state index is 13.5. The first-order chi connectivity index (χ1) is 17.6. The van der Waals surface area contributed by atoms with E-state index in [-0.39, 0.29) is 18.4 Å². The van der Waals surface area contributed by atoms with Crippen molar-refractivity contribution in [2.75, 3.05) is 65.9 Å². The third kappa shape index (κ3) is 9.80. The van der Waals surface area contributed by atoms with Gasteiger partial charge in [-0.05, 0) is 29.0 Å². The molecule has 2 atom stereocenters. The van der Waals surface area contributed by atoms with E-state index < -0.39 is 6.29 Å². The molecule has 9 nitrogen and oxygen atoms in total. The predicted octanol–water partition coefficient (Wildman–Crippen LogP) is 2.51. The lowest BCUT2D eigenvalue weighted by atomic mass is 9.90. The summed E-state index contributed by atoms with van der Waals surface area (Å²) in [6, 6.07) is 7.60. The molecule has 0 aliphatic carbocycles. The number of carbonyl (C=O) groups is 1.